The monoisotopic (exact) mass is 245 g/mol. The van der Waals surface area contributed by atoms with Gasteiger partial charge >= 0.3 is 5.97 Å². The van der Waals surface area contributed by atoms with Crippen molar-refractivity contribution in [2.45, 2.75) is 11.4 Å². The Kier molecular flexibility index (Phi) is 3.80. The Morgan fingerprint density at radius 1 is 1.69 bits per heavy atom. The Balaban J connectivity index is 2.84. The van der Waals surface area contributed by atoms with Crippen LogP contribution >= 0.6 is 0 Å². The molecule has 0 bridgehead atoms. The number of rotatable bonds is 6. The van der Waals surface area contributed by atoms with Crippen LogP contribution in [0, 0.1) is 0 Å². The van der Waals surface area contributed by atoms with Crippen molar-refractivity contribution in [1.29, 1.82) is 0 Å². The van der Waals surface area contributed by atoms with Gasteiger partial charge in [0, 0.05) is 12.7 Å². The molecule has 8 heteroatoms. The van der Waals surface area contributed by atoms with Crippen molar-refractivity contribution in [3.05, 3.63) is 25.0 Å². The van der Waals surface area contributed by atoms with Crippen LogP contribution < -0.4 is 4.72 Å². The second-order valence-electron chi connectivity index (χ2n) is 2.91. The molecule has 0 saturated carbocycles. The predicted octanol–water partition coefficient (Wildman–Crippen LogP) is -0.568. The lowest BCUT2D eigenvalue weighted by atomic mass is 10.6. The molecule has 0 aliphatic heterocycles. The van der Waals surface area contributed by atoms with Crippen molar-refractivity contribution in [1.82, 2.24) is 14.5 Å². The van der Waals surface area contributed by atoms with E-state index >= 15 is 0 Å². The van der Waals surface area contributed by atoms with E-state index in [2.05, 4.69) is 16.4 Å². The Morgan fingerprint density at radius 3 is 2.94 bits per heavy atom. The van der Waals surface area contributed by atoms with E-state index in [1.807, 2.05) is 0 Å². The Hall–Kier alpha value is -1.67. The highest BCUT2D eigenvalue weighted by atomic mass is 32.2. The molecule has 7 nitrogen and oxygen atoms in total. The molecule has 88 valence electrons. The van der Waals surface area contributed by atoms with Crippen LogP contribution in [-0.2, 0) is 21.4 Å². The molecular weight excluding hydrogens is 234 g/mol. The summed E-state index contributed by atoms with van der Waals surface area (Å²) in [6.45, 7) is 3.10. The highest BCUT2D eigenvalue weighted by molar-refractivity contribution is 7.89. The maximum atomic E-state index is 11.5. The summed E-state index contributed by atoms with van der Waals surface area (Å²) in [5.74, 6) is -1.09. The number of nitrogens with one attached hydrogen (secondary N) is 1. The summed E-state index contributed by atoms with van der Waals surface area (Å²) in [4.78, 5) is 10.3. The zero-order valence-corrected chi connectivity index (χ0v) is 9.14. The first-order valence-corrected chi connectivity index (χ1v) is 5.79. The van der Waals surface area contributed by atoms with Crippen molar-refractivity contribution in [3.63, 3.8) is 0 Å². The Bertz CT molecular complexity index is 491. The van der Waals surface area contributed by atoms with Crippen LogP contribution in [-0.4, -0.2) is 35.8 Å². The van der Waals surface area contributed by atoms with E-state index in [9.17, 15) is 13.2 Å². The number of carbonyl (C=O) groups is 1. The summed E-state index contributed by atoms with van der Waals surface area (Å²) >= 11 is 0. The van der Waals surface area contributed by atoms with Crippen LogP contribution in [0.2, 0.25) is 0 Å². The van der Waals surface area contributed by atoms with Crippen LogP contribution in [0.3, 0.4) is 0 Å². The minimum absolute atomic E-state index is 0.0735. The van der Waals surface area contributed by atoms with Gasteiger partial charge in [0.2, 0.25) is 10.0 Å². The van der Waals surface area contributed by atoms with E-state index in [1.165, 1.54) is 6.08 Å². The molecule has 0 amide bonds. The average Bonchev–Trinajstić information content (AvgIpc) is 2.63. The van der Waals surface area contributed by atoms with E-state index in [4.69, 9.17) is 5.11 Å². The predicted molar refractivity (Wildman–Crippen MR) is 55.2 cm³/mol. The number of carboxylic acid groups (broad SMARTS) is 1. The fourth-order valence-corrected chi connectivity index (χ4v) is 1.91. The molecule has 0 aliphatic rings. The zero-order chi connectivity index (χ0) is 12.2. The second kappa shape index (κ2) is 4.90. The van der Waals surface area contributed by atoms with Crippen molar-refractivity contribution in [2.24, 2.45) is 0 Å². The SMILES string of the molecule is C=CCNS(=O)(=O)c1cnn(CC(=O)O)c1. The molecule has 0 aliphatic carbocycles. The van der Waals surface area contributed by atoms with Crippen molar-refractivity contribution in [2.75, 3.05) is 6.54 Å². The molecule has 0 saturated heterocycles. The third-order valence-corrected chi connectivity index (χ3v) is 3.01. The lowest BCUT2D eigenvalue weighted by molar-refractivity contribution is -0.137. The molecule has 0 spiro atoms. The van der Waals surface area contributed by atoms with E-state index in [-0.39, 0.29) is 18.0 Å². The summed E-state index contributed by atoms with van der Waals surface area (Å²) in [5.41, 5.74) is 0. The van der Waals surface area contributed by atoms with Gasteiger partial charge in [0.25, 0.3) is 0 Å². The van der Waals surface area contributed by atoms with E-state index in [1.54, 1.807) is 0 Å². The van der Waals surface area contributed by atoms with Gasteiger partial charge in [-0.15, -0.1) is 6.58 Å². The van der Waals surface area contributed by atoms with Gasteiger partial charge in [0.1, 0.15) is 11.4 Å². The minimum Gasteiger partial charge on any atom is -0.480 e. The van der Waals surface area contributed by atoms with Gasteiger partial charge in [0.05, 0.1) is 6.20 Å². The number of carboxylic acids is 1. The van der Waals surface area contributed by atoms with Gasteiger partial charge in [0.15, 0.2) is 0 Å². The standard InChI is InChI=1S/C8H11N3O4S/c1-2-3-10-16(14,15)7-4-9-11(5-7)6-8(12)13/h2,4-5,10H,1,3,6H2,(H,12,13). The molecule has 2 N–H and O–H groups in total. The number of aliphatic carboxylic acids is 1. The number of aromatic nitrogens is 2. The molecule has 0 radical (unpaired) electrons. The Morgan fingerprint density at radius 2 is 2.38 bits per heavy atom. The third kappa shape index (κ3) is 3.17. The molecule has 1 aromatic heterocycles. The first-order chi connectivity index (χ1) is 7.45. The molecule has 16 heavy (non-hydrogen) atoms. The fraction of sp³-hybridized carbons (Fsp3) is 0.250. The summed E-state index contributed by atoms with van der Waals surface area (Å²) in [5, 5.41) is 12.1. The van der Waals surface area contributed by atoms with Crippen LogP contribution in [0.15, 0.2) is 29.9 Å². The lowest BCUT2D eigenvalue weighted by Crippen LogP contribution is -2.23. The summed E-state index contributed by atoms with van der Waals surface area (Å²) in [6.07, 6.45) is 3.65. The van der Waals surface area contributed by atoms with Crippen molar-refractivity contribution < 1.29 is 18.3 Å². The minimum atomic E-state index is -3.63. The summed E-state index contributed by atoms with van der Waals surface area (Å²) in [7, 11) is -3.63. The van der Waals surface area contributed by atoms with E-state index in [0.29, 0.717) is 0 Å². The number of hydrogen-bond donors (Lipinski definition) is 2. The summed E-state index contributed by atoms with van der Waals surface area (Å²) in [6, 6.07) is 0. The summed E-state index contributed by atoms with van der Waals surface area (Å²) < 4.78 is 26.3. The second-order valence-corrected chi connectivity index (χ2v) is 4.67. The largest absolute Gasteiger partial charge is 0.480 e. The van der Waals surface area contributed by atoms with Crippen molar-refractivity contribution >= 4 is 16.0 Å². The number of nitrogens with zero attached hydrogens (tertiary/aromatic N) is 2. The molecule has 1 rings (SSSR count). The van der Waals surface area contributed by atoms with E-state index < -0.39 is 16.0 Å². The van der Waals surface area contributed by atoms with Gasteiger partial charge in [-0.3, -0.25) is 9.48 Å². The highest BCUT2D eigenvalue weighted by Gasteiger charge is 2.15. The topological polar surface area (TPSA) is 101 Å². The first-order valence-electron chi connectivity index (χ1n) is 4.30. The maximum Gasteiger partial charge on any atom is 0.325 e. The molecule has 1 heterocycles. The van der Waals surface area contributed by atoms with Crippen molar-refractivity contribution in [3.8, 4) is 0 Å². The smallest absolute Gasteiger partial charge is 0.325 e. The van der Waals surface area contributed by atoms with Crippen LogP contribution in [0.4, 0.5) is 0 Å². The van der Waals surface area contributed by atoms with Gasteiger partial charge in [-0.25, -0.2) is 13.1 Å². The maximum absolute atomic E-state index is 11.5. The molecule has 0 aromatic carbocycles. The number of sulfonamides is 1. The van der Waals surface area contributed by atoms with Crippen LogP contribution in [0.25, 0.3) is 0 Å². The Labute approximate surface area is 92.4 Å². The van der Waals surface area contributed by atoms with Crippen LogP contribution in [0.1, 0.15) is 0 Å². The van der Waals surface area contributed by atoms with Gasteiger partial charge in [-0.05, 0) is 0 Å². The molecule has 0 atom stereocenters. The zero-order valence-electron chi connectivity index (χ0n) is 8.33. The molecule has 1 aromatic rings. The lowest BCUT2D eigenvalue weighted by Gasteiger charge is -2.00. The average molecular weight is 245 g/mol. The number of hydrogen-bond acceptors (Lipinski definition) is 4. The quantitative estimate of drug-likeness (QED) is 0.654. The van der Waals surface area contributed by atoms with Gasteiger partial charge in [-0.2, -0.15) is 5.10 Å². The molecular formula is C8H11N3O4S. The first kappa shape index (κ1) is 12.4. The molecule has 0 fully saturated rings. The van der Waals surface area contributed by atoms with Gasteiger partial charge < -0.3 is 5.11 Å². The third-order valence-electron chi connectivity index (χ3n) is 1.63. The van der Waals surface area contributed by atoms with E-state index in [0.717, 1.165) is 17.1 Å². The van der Waals surface area contributed by atoms with Crippen LogP contribution in [0.5, 0.6) is 0 Å². The van der Waals surface area contributed by atoms with Gasteiger partial charge in [-0.1, -0.05) is 6.08 Å². The fourth-order valence-electron chi connectivity index (χ4n) is 0.960. The normalized spacial score (nSPS) is 11.2. The molecule has 0 unspecified atom stereocenters. The highest BCUT2D eigenvalue weighted by Crippen LogP contribution is 2.06.